The molecule has 0 saturated carbocycles. The fourth-order valence-corrected chi connectivity index (χ4v) is 1.98. The van der Waals surface area contributed by atoms with Crippen molar-refractivity contribution in [2.45, 2.75) is 52.7 Å². The lowest BCUT2D eigenvalue weighted by molar-refractivity contribution is 0.176. The fourth-order valence-electron chi connectivity index (χ4n) is 1.98. The summed E-state index contributed by atoms with van der Waals surface area (Å²) in [6, 6.07) is 10.9. The predicted octanol–water partition coefficient (Wildman–Crippen LogP) is 3.60. The van der Waals surface area contributed by atoms with Gasteiger partial charge in [-0.25, -0.2) is 0 Å². The van der Waals surface area contributed by atoms with Gasteiger partial charge in [0.05, 0.1) is 6.54 Å². The molecule has 0 aliphatic rings. The summed E-state index contributed by atoms with van der Waals surface area (Å²) in [6.07, 6.45) is 0. The third kappa shape index (κ3) is 3.90. The molecular weight excluding hydrogens is 250 g/mol. The van der Waals surface area contributed by atoms with Gasteiger partial charge in [0.25, 0.3) is 0 Å². The van der Waals surface area contributed by atoms with E-state index in [0.29, 0.717) is 24.4 Å². The van der Waals surface area contributed by atoms with Crippen molar-refractivity contribution in [1.29, 1.82) is 0 Å². The van der Waals surface area contributed by atoms with Crippen LogP contribution in [0.15, 0.2) is 34.9 Å². The summed E-state index contributed by atoms with van der Waals surface area (Å²) < 4.78 is 5.34. The highest BCUT2D eigenvalue weighted by Gasteiger charge is 2.16. The summed E-state index contributed by atoms with van der Waals surface area (Å²) in [5.74, 6) is 1.77. The Morgan fingerprint density at radius 3 is 2.30 bits per heavy atom. The van der Waals surface area contributed by atoms with Crippen molar-refractivity contribution in [3.63, 3.8) is 0 Å². The average molecular weight is 273 g/mol. The van der Waals surface area contributed by atoms with Crippen molar-refractivity contribution in [2.75, 3.05) is 0 Å². The molecule has 1 heterocycles. The molecule has 0 N–H and O–H groups in total. The van der Waals surface area contributed by atoms with Crippen LogP contribution >= 0.6 is 0 Å². The molecule has 2 rings (SSSR count). The average Bonchev–Trinajstić information content (AvgIpc) is 2.88. The SMILES string of the molecule is CC(C)c1noc(CN(Cc2ccccc2)C(C)C)n1. The molecule has 0 spiro atoms. The second kappa shape index (κ2) is 6.66. The zero-order chi connectivity index (χ0) is 14.5. The van der Waals surface area contributed by atoms with Crippen molar-refractivity contribution < 1.29 is 4.52 Å². The number of rotatable bonds is 6. The van der Waals surface area contributed by atoms with Crippen LogP contribution in [0.5, 0.6) is 0 Å². The quantitative estimate of drug-likeness (QED) is 0.806. The van der Waals surface area contributed by atoms with Crippen LogP contribution in [0.4, 0.5) is 0 Å². The van der Waals surface area contributed by atoms with Crippen LogP contribution in [0, 0.1) is 0 Å². The molecule has 0 amide bonds. The molecule has 4 heteroatoms. The number of nitrogens with zero attached hydrogens (tertiary/aromatic N) is 3. The largest absolute Gasteiger partial charge is 0.338 e. The molecule has 108 valence electrons. The van der Waals surface area contributed by atoms with Gasteiger partial charge in [0.15, 0.2) is 5.82 Å². The molecular formula is C16H23N3O. The minimum absolute atomic E-state index is 0.300. The highest BCUT2D eigenvalue weighted by Crippen LogP contribution is 2.14. The molecule has 1 aromatic carbocycles. The van der Waals surface area contributed by atoms with Crippen LogP contribution in [0.25, 0.3) is 0 Å². The molecule has 0 aliphatic carbocycles. The Morgan fingerprint density at radius 2 is 1.75 bits per heavy atom. The summed E-state index contributed by atoms with van der Waals surface area (Å²) in [4.78, 5) is 6.78. The van der Waals surface area contributed by atoms with Crippen LogP contribution in [-0.2, 0) is 13.1 Å². The molecule has 0 bridgehead atoms. The van der Waals surface area contributed by atoms with Crippen molar-refractivity contribution in [1.82, 2.24) is 15.0 Å². The minimum Gasteiger partial charge on any atom is -0.338 e. The molecule has 4 nitrogen and oxygen atoms in total. The molecule has 0 unspecified atom stereocenters. The Balaban J connectivity index is 2.05. The van der Waals surface area contributed by atoms with Crippen LogP contribution in [0.1, 0.15) is 50.9 Å². The molecule has 1 aromatic heterocycles. The van der Waals surface area contributed by atoms with E-state index in [9.17, 15) is 0 Å². The highest BCUT2D eigenvalue weighted by molar-refractivity contribution is 5.14. The first-order chi connectivity index (χ1) is 9.56. The number of aromatic nitrogens is 2. The third-order valence-corrected chi connectivity index (χ3v) is 3.30. The number of hydrogen-bond acceptors (Lipinski definition) is 4. The van der Waals surface area contributed by atoms with Crippen LogP contribution in [0.3, 0.4) is 0 Å². The molecule has 20 heavy (non-hydrogen) atoms. The van der Waals surface area contributed by atoms with E-state index in [2.05, 4.69) is 67.0 Å². The lowest BCUT2D eigenvalue weighted by Crippen LogP contribution is -2.30. The molecule has 2 aromatic rings. The molecule has 0 radical (unpaired) electrons. The summed E-state index contributed by atoms with van der Waals surface area (Å²) in [7, 11) is 0. The molecule has 0 aliphatic heterocycles. The van der Waals surface area contributed by atoms with E-state index in [1.807, 2.05) is 6.07 Å². The standard InChI is InChI=1S/C16H23N3O/c1-12(2)16-17-15(20-18-16)11-19(13(3)4)10-14-8-6-5-7-9-14/h5-9,12-13H,10-11H2,1-4H3. The van der Waals surface area contributed by atoms with Gasteiger partial charge < -0.3 is 4.52 Å². The maximum absolute atomic E-state index is 5.34. The lowest BCUT2D eigenvalue weighted by Gasteiger charge is -2.24. The molecule has 0 atom stereocenters. The van der Waals surface area contributed by atoms with Gasteiger partial charge in [-0.2, -0.15) is 4.98 Å². The highest BCUT2D eigenvalue weighted by atomic mass is 16.5. The first-order valence-electron chi connectivity index (χ1n) is 7.16. The summed E-state index contributed by atoms with van der Waals surface area (Å²) >= 11 is 0. The topological polar surface area (TPSA) is 42.2 Å². The summed E-state index contributed by atoms with van der Waals surface area (Å²) in [5, 5.41) is 4.02. The number of benzene rings is 1. The Morgan fingerprint density at radius 1 is 1.05 bits per heavy atom. The molecule has 0 saturated heterocycles. The number of hydrogen-bond donors (Lipinski definition) is 0. The van der Waals surface area contributed by atoms with Gasteiger partial charge in [0.2, 0.25) is 5.89 Å². The van der Waals surface area contributed by atoms with Gasteiger partial charge in [-0.1, -0.05) is 49.3 Å². The van der Waals surface area contributed by atoms with Crippen molar-refractivity contribution in [2.24, 2.45) is 0 Å². The zero-order valence-corrected chi connectivity index (χ0v) is 12.7. The van der Waals surface area contributed by atoms with Crippen LogP contribution in [0.2, 0.25) is 0 Å². The normalized spacial score (nSPS) is 11.8. The smallest absolute Gasteiger partial charge is 0.240 e. The Kier molecular flexibility index (Phi) is 4.90. The van der Waals surface area contributed by atoms with Gasteiger partial charge in [-0.3, -0.25) is 4.90 Å². The van der Waals surface area contributed by atoms with E-state index in [4.69, 9.17) is 4.52 Å². The van der Waals surface area contributed by atoms with Crippen molar-refractivity contribution >= 4 is 0 Å². The Labute approximate surface area is 120 Å². The van der Waals surface area contributed by atoms with E-state index in [-0.39, 0.29) is 0 Å². The van der Waals surface area contributed by atoms with Gasteiger partial charge >= 0.3 is 0 Å². The summed E-state index contributed by atoms with van der Waals surface area (Å²) in [5.41, 5.74) is 1.30. The first-order valence-corrected chi connectivity index (χ1v) is 7.16. The first kappa shape index (κ1) is 14.7. The second-order valence-corrected chi connectivity index (χ2v) is 5.69. The third-order valence-electron chi connectivity index (χ3n) is 3.30. The fraction of sp³-hybridized carbons (Fsp3) is 0.500. The van der Waals surface area contributed by atoms with Gasteiger partial charge in [-0.05, 0) is 19.4 Å². The van der Waals surface area contributed by atoms with Gasteiger partial charge in [-0.15, -0.1) is 0 Å². The monoisotopic (exact) mass is 273 g/mol. The maximum Gasteiger partial charge on any atom is 0.240 e. The zero-order valence-electron chi connectivity index (χ0n) is 12.7. The second-order valence-electron chi connectivity index (χ2n) is 5.69. The summed E-state index contributed by atoms with van der Waals surface area (Å²) in [6.45, 7) is 10.1. The maximum atomic E-state index is 5.34. The molecule has 0 fully saturated rings. The van der Waals surface area contributed by atoms with E-state index >= 15 is 0 Å². The Hall–Kier alpha value is -1.68. The lowest BCUT2D eigenvalue weighted by atomic mass is 10.2. The van der Waals surface area contributed by atoms with Crippen molar-refractivity contribution in [3.05, 3.63) is 47.6 Å². The Bertz CT molecular complexity index is 520. The van der Waals surface area contributed by atoms with Crippen LogP contribution < -0.4 is 0 Å². The minimum atomic E-state index is 0.300. The van der Waals surface area contributed by atoms with E-state index in [1.54, 1.807) is 0 Å². The van der Waals surface area contributed by atoms with Gasteiger partial charge in [0.1, 0.15) is 0 Å². The predicted molar refractivity (Wildman–Crippen MR) is 79.2 cm³/mol. The van der Waals surface area contributed by atoms with E-state index in [0.717, 1.165) is 12.4 Å². The van der Waals surface area contributed by atoms with E-state index in [1.165, 1.54) is 5.56 Å². The van der Waals surface area contributed by atoms with E-state index < -0.39 is 0 Å². The van der Waals surface area contributed by atoms with Crippen LogP contribution in [-0.4, -0.2) is 21.1 Å². The van der Waals surface area contributed by atoms with Crippen molar-refractivity contribution in [3.8, 4) is 0 Å². The van der Waals surface area contributed by atoms with Gasteiger partial charge in [0, 0.05) is 18.5 Å².